The van der Waals surface area contributed by atoms with Crippen molar-refractivity contribution in [2.75, 3.05) is 0 Å². The molecular weight excluding hydrogens is 293 g/mol. The topological polar surface area (TPSA) is 57.8 Å². The van der Waals surface area contributed by atoms with Crippen LogP contribution in [-0.2, 0) is 0 Å². The molecule has 1 heterocycles. The van der Waals surface area contributed by atoms with Gasteiger partial charge in [-0.2, -0.15) is 0 Å². The van der Waals surface area contributed by atoms with Crippen molar-refractivity contribution in [1.29, 1.82) is 0 Å². The summed E-state index contributed by atoms with van der Waals surface area (Å²) >= 11 is 0. The molecule has 4 nitrogen and oxygen atoms in total. The Morgan fingerprint density at radius 1 is 1.26 bits per heavy atom. The van der Waals surface area contributed by atoms with Crippen LogP contribution in [0.15, 0.2) is 42.5 Å². The Morgan fingerprint density at radius 2 is 2.00 bits per heavy atom. The number of H-pyrrole nitrogens is 1. The zero-order chi connectivity index (χ0) is 16.4. The number of nitrogens with zero attached hydrogens (tertiary/aromatic N) is 1. The lowest BCUT2D eigenvalue weighted by molar-refractivity contribution is 0.0935. The van der Waals surface area contributed by atoms with Gasteiger partial charge in [-0.05, 0) is 49.2 Å². The molecule has 1 aromatic heterocycles. The average molecular weight is 311 g/mol. The zero-order valence-electron chi connectivity index (χ0n) is 13.1. The highest BCUT2D eigenvalue weighted by Crippen LogP contribution is 2.19. The summed E-state index contributed by atoms with van der Waals surface area (Å²) < 4.78 is 13.0. The van der Waals surface area contributed by atoms with Gasteiger partial charge >= 0.3 is 0 Å². The number of carbonyl (C=O) groups is 1. The number of halogens is 1. The van der Waals surface area contributed by atoms with E-state index in [9.17, 15) is 9.18 Å². The summed E-state index contributed by atoms with van der Waals surface area (Å²) in [5.74, 6) is 0.376. The highest BCUT2D eigenvalue weighted by molar-refractivity contribution is 5.97. The van der Waals surface area contributed by atoms with Gasteiger partial charge in [0.05, 0.1) is 17.1 Å². The van der Waals surface area contributed by atoms with E-state index in [0.717, 1.165) is 28.8 Å². The van der Waals surface area contributed by atoms with Crippen LogP contribution in [-0.4, -0.2) is 15.9 Å². The highest BCUT2D eigenvalue weighted by atomic mass is 19.1. The number of nitrogens with one attached hydrogen (secondary N) is 2. The molecule has 0 saturated heterocycles. The second-order valence-electron chi connectivity index (χ2n) is 5.54. The van der Waals surface area contributed by atoms with E-state index in [4.69, 9.17) is 0 Å². The lowest BCUT2D eigenvalue weighted by Crippen LogP contribution is -2.28. The monoisotopic (exact) mass is 311 g/mol. The number of carbonyl (C=O) groups excluding carboxylic acids is 1. The molecule has 0 aliphatic heterocycles. The number of imidazole rings is 1. The van der Waals surface area contributed by atoms with Gasteiger partial charge in [-0.15, -0.1) is 0 Å². The summed E-state index contributed by atoms with van der Waals surface area (Å²) in [5.41, 5.74) is 3.14. The van der Waals surface area contributed by atoms with Gasteiger partial charge in [0.2, 0.25) is 0 Å². The third kappa shape index (κ3) is 3.23. The summed E-state index contributed by atoms with van der Waals surface area (Å²) in [5, 5.41) is 2.99. The van der Waals surface area contributed by atoms with Crippen molar-refractivity contribution in [2.24, 2.45) is 0 Å². The molecule has 118 valence electrons. The van der Waals surface area contributed by atoms with Crippen LogP contribution >= 0.6 is 0 Å². The maximum atomic E-state index is 13.0. The van der Waals surface area contributed by atoms with Crippen LogP contribution in [0.1, 0.15) is 41.1 Å². The molecule has 1 amide bonds. The smallest absolute Gasteiger partial charge is 0.251 e. The van der Waals surface area contributed by atoms with Crippen LogP contribution in [0, 0.1) is 12.7 Å². The van der Waals surface area contributed by atoms with E-state index in [1.807, 2.05) is 19.9 Å². The van der Waals surface area contributed by atoms with E-state index in [2.05, 4.69) is 15.3 Å². The Hall–Kier alpha value is -2.69. The molecule has 1 unspecified atom stereocenters. The van der Waals surface area contributed by atoms with Gasteiger partial charge in [-0.25, -0.2) is 9.37 Å². The predicted molar refractivity (Wildman–Crippen MR) is 87.7 cm³/mol. The number of rotatable bonds is 4. The van der Waals surface area contributed by atoms with Crippen LogP contribution in [0.5, 0.6) is 0 Å². The fraction of sp³-hybridized carbons (Fsp3) is 0.222. The molecule has 5 heteroatoms. The molecule has 3 rings (SSSR count). The first-order valence-corrected chi connectivity index (χ1v) is 7.59. The number of amides is 1. The molecule has 23 heavy (non-hydrogen) atoms. The number of hydrogen-bond acceptors (Lipinski definition) is 2. The van der Waals surface area contributed by atoms with Gasteiger partial charge < -0.3 is 10.3 Å². The fourth-order valence-electron chi connectivity index (χ4n) is 2.64. The van der Waals surface area contributed by atoms with Gasteiger partial charge in [-0.3, -0.25) is 4.79 Å². The molecule has 0 aliphatic rings. The molecule has 0 saturated carbocycles. The first-order valence-electron chi connectivity index (χ1n) is 7.59. The van der Waals surface area contributed by atoms with Gasteiger partial charge in [-0.1, -0.05) is 19.1 Å². The van der Waals surface area contributed by atoms with Crippen molar-refractivity contribution in [1.82, 2.24) is 15.3 Å². The normalized spacial score (nSPS) is 12.3. The van der Waals surface area contributed by atoms with E-state index < -0.39 is 0 Å². The summed E-state index contributed by atoms with van der Waals surface area (Å²) in [6.45, 7) is 3.86. The number of benzene rings is 2. The Balaban J connectivity index is 1.81. The van der Waals surface area contributed by atoms with Crippen LogP contribution < -0.4 is 5.32 Å². The number of aromatic nitrogens is 2. The standard InChI is InChI=1S/C18H18FN3O/c1-3-15(12-4-7-14(19)8-5-12)22-18(23)13-6-9-16-17(10-13)21-11(2)20-16/h4-10,15H,3H2,1-2H3,(H,20,21)(H,22,23). The van der Waals surface area contributed by atoms with Crippen LogP contribution in [0.2, 0.25) is 0 Å². The number of aryl methyl sites for hydroxylation is 1. The van der Waals surface area contributed by atoms with E-state index >= 15 is 0 Å². The quantitative estimate of drug-likeness (QED) is 0.768. The maximum Gasteiger partial charge on any atom is 0.251 e. The minimum Gasteiger partial charge on any atom is -0.345 e. The van der Waals surface area contributed by atoms with Gasteiger partial charge in [0.25, 0.3) is 5.91 Å². The van der Waals surface area contributed by atoms with E-state index in [1.54, 1.807) is 24.3 Å². The highest BCUT2D eigenvalue weighted by Gasteiger charge is 2.15. The minimum atomic E-state index is -0.282. The maximum absolute atomic E-state index is 13.0. The Bertz CT molecular complexity index is 839. The van der Waals surface area contributed by atoms with Gasteiger partial charge in [0.1, 0.15) is 11.6 Å². The van der Waals surface area contributed by atoms with Crippen molar-refractivity contribution in [3.05, 3.63) is 65.2 Å². The third-order valence-electron chi connectivity index (χ3n) is 3.85. The minimum absolute atomic E-state index is 0.151. The van der Waals surface area contributed by atoms with Crippen molar-refractivity contribution in [2.45, 2.75) is 26.3 Å². The molecule has 0 fully saturated rings. The summed E-state index contributed by atoms with van der Waals surface area (Å²) in [7, 11) is 0. The summed E-state index contributed by atoms with van der Waals surface area (Å²) in [6.07, 6.45) is 0.725. The van der Waals surface area contributed by atoms with E-state index in [1.165, 1.54) is 12.1 Å². The Kier molecular flexibility index (Phi) is 4.10. The third-order valence-corrected chi connectivity index (χ3v) is 3.85. The largest absolute Gasteiger partial charge is 0.345 e. The molecule has 0 radical (unpaired) electrons. The number of hydrogen-bond donors (Lipinski definition) is 2. The van der Waals surface area contributed by atoms with E-state index in [0.29, 0.717) is 5.56 Å². The molecule has 2 aromatic carbocycles. The molecular formula is C18H18FN3O. The van der Waals surface area contributed by atoms with Gasteiger partial charge in [0, 0.05) is 5.56 Å². The second kappa shape index (κ2) is 6.20. The summed E-state index contributed by atoms with van der Waals surface area (Å²) in [6, 6.07) is 11.4. The van der Waals surface area contributed by atoms with Crippen LogP contribution in [0.3, 0.4) is 0 Å². The van der Waals surface area contributed by atoms with Crippen LogP contribution in [0.25, 0.3) is 11.0 Å². The number of aromatic amines is 1. The first kappa shape index (κ1) is 15.2. The average Bonchev–Trinajstić information content (AvgIpc) is 2.92. The molecule has 2 N–H and O–H groups in total. The van der Waals surface area contributed by atoms with Crippen molar-refractivity contribution in [3.63, 3.8) is 0 Å². The lowest BCUT2D eigenvalue weighted by Gasteiger charge is -2.17. The lowest BCUT2D eigenvalue weighted by atomic mass is 10.0. The van der Waals surface area contributed by atoms with Crippen molar-refractivity contribution in [3.8, 4) is 0 Å². The SMILES string of the molecule is CCC(NC(=O)c1ccc2nc(C)[nH]c2c1)c1ccc(F)cc1. The fourth-order valence-corrected chi connectivity index (χ4v) is 2.64. The number of fused-ring (bicyclic) bond motifs is 1. The van der Waals surface area contributed by atoms with Gasteiger partial charge in [0.15, 0.2) is 0 Å². The molecule has 0 aliphatic carbocycles. The predicted octanol–water partition coefficient (Wildman–Crippen LogP) is 3.89. The van der Waals surface area contributed by atoms with Crippen molar-refractivity contribution < 1.29 is 9.18 Å². The zero-order valence-corrected chi connectivity index (χ0v) is 13.1. The van der Waals surface area contributed by atoms with E-state index in [-0.39, 0.29) is 17.8 Å². The first-order chi connectivity index (χ1) is 11.1. The Labute approximate surface area is 133 Å². The molecule has 1 atom stereocenters. The summed E-state index contributed by atoms with van der Waals surface area (Å²) in [4.78, 5) is 19.9. The molecule has 3 aromatic rings. The molecule has 0 bridgehead atoms. The second-order valence-corrected chi connectivity index (χ2v) is 5.54. The molecule has 0 spiro atoms. The Morgan fingerprint density at radius 3 is 2.70 bits per heavy atom. The van der Waals surface area contributed by atoms with Crippen molar-refractivity contribution >= 4 is 16.9 Å². The van der Waals surface area contributed by atoms with Crippen LogP contribution in [0.4, 0.5) is 4.39 Å².